The average Bonchev–Trinajstić information content (AvgIpc) is 3.04. The Labute approximate surface area is 261 Å². The van der Waals surface area contributed by atoms with Crippen LogP contribution in [0.3, 0.4) is 0 Å². The lowest BCUT2D eigenvalue weighted by molar-refractivity contribution is 0.0697. The molecule has 3 nitrogen and oxygen atoms in total. The first-order chi connectivity index (χ1) is 21.2. The van der Waals surface area contributed by atoms with Crippen molar-refractivity contribution in [1.82, 2.24) is 5.32 Å². The van der Waals surface area contributed by atoms with E-state index in [1.165, 1.54) is 44.2 Å². The number of benzene rings is 5. The van der Waals surface area contributed by atoms with E-state index in [1.54, 1.807) is 12.1 Å². The molecule has 44 heavy (non-hydrogen) atoms. The maximum Gasteiger partial charge on any atom is 0.336 e. The summed E-state index contributed by atoms with van der Waals surface area (Å²) in [7, 11) is 0. The molecular formula is C41H41NO2. The minimum atomic E-state index is -0.906. The standard InChI is InChI=1S/C41H41NO2/c1-27(2)28(3)40-26-35(29(4)42-30(5)36-19-11-15-32-13-6-7-16-37(32)36)25-24-33(40)14-10-12-31-20-22-34(23-21-31)38-17-8-9-18-39(38)41(43)44/h6-9,11,13,15-26,30,42H,4,10,12,14H2,1-3,5H3,(H,43,44). The van der Waals surface area contributed by atoms with E-state index in [-0.39, 0.29) is 6.04 Å². The van der Waals surface area contributed by atoms with Gasteiger partial charge in [-0.05, 0) is 114 Å². The Balaban J connectivity index is 1.29. The van der Waals surface area contributed by atoms with Crippen LogP contribution in [0.15, 0.2) is 121 Å². The van der Waals surface area contributed by atoms with Crippen molar-refractivity contribution < 1.29 is 9.90 Å². The van der Waals surface area contributed by atoms with Crippen molar-refractivity contribution in [1.29, 1.82) is 0 Å². The number of carboxylic acids is 1. The number of hydrogen-bond acceptors (Lipinski definition) is 2. The van der Waals surface area contributed by atoms with Crippen molar-refractivity contribution in [2.75, 3.05) is 0 Å². The Bertz CT molecular complexity index is 1840. The third-order valence-corrected chi connectivity index (χ3v) is 8.63. The number of aryl methyl sites for hydroxylation is 2. The first kappa shape index (κ1) is 30.6. The lowest BCUT2D eigenvalue weighted by Crippen LogP contribution is -2.17. The zero-order chi connectivity index (χ0) is 31.2. The number of allylic oxidation sites excluding steroid dienone is 2. The summed E-state index contributed by atoms with van der Waals surface area (Å²) in [4.78, 5) is 11.7. The van der Waals surface area contributed by atoms with Gasteiger partial charge in [-0.3, -0.25) is 0 Å². The van der Waals surface area contributed by atoms with Crippen molar-refractivity contribution in [3.63, 3.8) is 0 Å². The van der Waals surface area contributed by atoms with E-state index < -0.39 is 5.97 Å². The van der Waals surface area contributed by atoms with E-state index in [9.17, 15) is 9.90 Å². The molecule has 1 unspecified atom stereocenters. The van der Waals surface area contributed by atoms with E-state index in [1.807, 2.05) is 24.3 Å². The first-order valence-corrected chi connectivity index (χ1v) is 15.4. The van der Waals surface area contributed by atoms with E-state index >= 15 is 0 Å². The maximum absolute atomic E-state index is 11.7. The minimum Gasteiger partial charge on any atom is -0.478 e. The summed E-state index contributed by atoms with van der Waals surface area (Å²) >= 11 is 0. The van der Waals surface area contributed by atoms with E-state index in [0.717, 1.165) is 41.6 Å². The van der Waals surface area contributed by atoms with Crippen LogP contribution in [0.5, 0.6) is 0 Å². The summed E-state index contributed by atoms with van der Waals surface area (Å²) in [5.74, 6) is -0.906. The van der Waals surface area contributed by atoms with Gasteiger partial charge in [0.15, 0.2) is 0 Å². The summed E-state index contributed by atoms with van der Waals surface area (Å²) in [6, 6.07) is 37.3. The van der Waals surface area contributed by atoms with Crippen molar-refractivity contribution in [2.45, 2.75) is 53.0 Å². The van der Waals surface area contributed by atoms with Crippen LogP contribution in [0.25, 0.3) is 33.2 Å². The molecule has 5 aromatic rings. The van der Waals surface area contributed by atoms with Gasteiger partial charge in [-0.1, -0.05) is 109 Å². The number of rotatable bonds is 11. The Morgan fingerprint density at radius 1 is 0.795 bits per heavy atom. The first-order valence-electron chi connectivity index (χ1n) is 15.4. The van der Waals surface area contributed by atoms with Gasteiger partial charge in [0.25, 0.3) is 0 Å². The fraction of sp³-hybridized carbons (Fsp3) is 0.195. The molecular weight excluding hydrogens is 538 g/mol. The lowest BCUT2D eigenvalue weighted by Gasteiger charge is -2.21. The molecule has 0 spiro atoms. The predicted molar refractivity (Wildman–Crippen MR) is 186 cm³/mol. The molecule has 222 valence electrons. The molecule has 1 atom stereocenters. The average molecular weight is 580 g/mol. The number of carbonyl (C=O) groups is 1. The summed E-state index contributed by atoms with van der Waals surface area (Å²) in [6.07, 6.45) is 2.94. The summed E-state index contributed by atoms with van der Waals surface area (Å²) in [5.41, 5.74) is 11.8. The van der Waals surface area contributed by atoms with Crippen molar-refractivity contribution >= 4 is 28.0 Å². The van der Waals surface area contributed by atoms with Crippen LogP contribution < -0.4 is 5.32 Å². The molecule has 0 aliphatic heterocycles. The van der Waals surface area contributed by atoms with Gasteiger partial charge in [0, 0.05) is 11.7 Å². The van der Waals surface area contributed by atoms with Gasteiger partial charge in [-0.25, -0.2) is 4.79 Å². The lowest BCUT2D eigenvalue weighted by atomic mass is 9.91. The largest absolute Gasteiger partial charge is 0.478 e. The zero-order valence-electron chi connectivity index (χ0n) is 26.2. The normalized spacial score (nSPS) is 11.6. The van der Waals surface area contributed by atoms with Crippen molar-refractivity contribution in [2.24, 2.45) is 0 Å². The van der Waals surface area contributed by atoms with Crippen molar-refractivity contribution in [3.8, 4) is 11.1 Å². The number of aromatic carboxylic acids is 1. The summed E-state index contributed by atoms with van der Waals surface area (Å²) < 4.78 is 0. The highest BCUT2D eigenvalue weighted by atomic mass is 16.4. The van der Waals surface area contributed by atoms with Gasteiger partial charge in [-0.2, -0.15) is 0 Å². The van der Waals surface area contributed by atoms with Gasteiger partial charge in [0.1, 0.15) is 0 Å². The molecule has 0 bridgehead atoms. The highest BCUT2D eigenvalue weighted by Gasteiger charge is 2.14. The maximum atomic E-state index is 11.7. The second kappa shape index (κ2) is 13.6. The van der Waals surface area contributed by atoms with Crippen LogP contribution in [0.2, 0.25) is 0 Å². The third-order valence-electron chi connectivity index (χ3n) is 8.63. The smallest absolute Gasteiger partial charge is 0.336 e. The SMILES string of the molecule is C=C(NC(C)c1cccc2ccccc12)c1ccc(CCCc2ccc(-c3ccccc3C(=O)O)cc2)c(C(C)=C(C)C)c1. The highest BCUT2D eigenvalue weighted by Crippen LogP contribution is 2.30. The number of nitrogens with one attached hydrogen (secondary N) is 1. The van der Waals surface area contributed by atoms with Gasteiger partial charge in [0.2, 0.25) is 0 Å². The minimum absolute atomic E-state index is 0.116. The van der Waals surface area contributed by atoms with Crippen LogP contribution in [-0.2, 0) is 12.8 Å². The number of hydrogen-bond donors (Lipinski definition) is 2. The monoisotopic (exact) mass is 579 g/mol. The third kappa shape index (κ3) is 6.84. The molecule has 5 aromatic carbocycles. The molecule has 0 aliphatic rings. The van der Waals surface area contributed by atoms with Gasteiger partial charge < -0.3 is 10.4 Å². The number of carboxylic acid groups (broad SMARTS) is 1. The molecule has 0 radical (unpaired) electrons. The van der Waals surface area contributed by atoms with Crippen molar-refractivity contribution in [3.05, 3.63) is 155 Å². The summed E-state index contributed by atoms with van der Waals surface area (Å²) in [6.45, 7) is 13.2. The predicted octanol–water partition coefficient (Wildman–Crippen LogP) is 10.5. The topological polar surface area (TPSA) is 49.3 Å². The van der Waals surface area contributed by atoms with E-state index in [2.05, 4.69) is 112 Å². The Hall–Kier alpha value is -4.89. The van der Waals surface area contributed by atoms with Crippen LogP contribution in [0.1, 0.15) is 78.3 Å². The molecule has 2 N–H and O–H groups in total. The molecule has 0 aliphatic carbocycles. The fourth-order valence-electron chi connectivity index (χ4n) is 5.91. The molecule has 0 amide bonds. The Kier molecular flexibility index (Phi) is 9.45. The van der Waals surface area contributed by atoms with Crippen LogP contribution in [0, 0.1) is 0 Å². The van der Waals surface area contributed by atoms with Crippen LogP contribution in [0.4, 0.5) is 0 Å². The van der Waals surface area contributed by atoms with Crippen LogP contribution in [-0.4, -0.2) is 11.1 Å². The van der Waals surface area contributed by atoms with E-state index in [0.29, 0.717) is 5.56 Å². The molecule has 3 heteroatoms. The fourth-order valence-corrected chi connectivity index (χ4v) is 5.91. The molecule has 0 heterocycles. The Morgan fingerprint density at radius 2 is 1.50 bits per heavy atom. The second-order valence-electron chi connectivity index (χ2n) is 11.8. The summed E-state index contributed by atoms with van der Waals surface area (Å²) in [5, 5.41) is 15.7. The molecule has 5 rings (SSSR count). The zero-order valence-corrected chi connectivity index (χ0v) is 26.2. The van der Waals surface area contributed by atoms with Gasteiger partial charge in [-0.15, -0.1) is 0 Å². The molecule has 0 aromatic heterocycles. The van der Waals surface area contributed by atoms with E-state index in [4.69, 9.17) is 0 Å². The quantitative estimate of drug-likeness (QED) is 0.164. The molecule has 0 saturated heterocycles. The molecule has 0 fully saturated rings. The van der Waals surface area contributed by atoms with Crippen LogP contribution >= 0.6 is 0 Å². The highest BCUT2D eigenvalue weighted by molar-refractivity contribution is 5.96. The Morgan fingerprint density at radius 3 is 2.25 bits per heavy atom. The van der Waals surface area contributed by atoms with Gasteiger partial charge >= 0.3 is 5.97 Å². The number of fused-ring (bicyclic) bond motifs is 1. The van der Waals surface area contributed by atoms with Gasteiger partial charge in [0.05, 0.1) is 5.56 Å². The molecule has 0 saturated carbocycles. The second-order valence-corrected chi connectivity index (χ2v) is 11.8.